The second kappa shape index (κ2) is 7.26. The van der Waals surface area contributed by atoms with Crippen molar-refractivity contribution in [1.29, 1.82) is 0 Å². The van der Waals surface area contributed by atoms with Crippen LogP contribution in [0.15, 0.2) is 53.1 Å². The number of carbonyl (C=O) groups excluding carboxylic acids is 1. The van der Waals surface area contributed by atoms with Gasteiger partial charge in [-0.05, 0) is 30.2 Å². The third-order valence-electron chi connectivity index (χ3n) is 4.02. The molecule has 7 nitrogen and oxygen atoms in total. The summed E-state index contributed by atoms with van der Waals surface area (Å²) >= 11 is 0. The number of benzene rings is 2. The standard InChI is InChI=1S/C19H17N3O4/c23-17(9-6-13-4-2-1-3-5-13)20-11-18-21-19(22-26-18)14-7-8-15-16(10-14)25-12-24-15/h1-5,7-8,10H,6,9,11-12H2,(H,20,23). The quantitative estimate of drug-likeness (QED) is 0.735. The number of nitrogens with zero attached hydrogens (tertiary/aromatic N) is 2. The first-order chi connectivity index (χ1) is 12.8. The predicted molar refractivity (Wildman–Crippen MR) is 92.5 cm³/mol. The van der Waals surface area contributed by atoms with Gasteiger partial charge in [0.2, 0.25) is 24.4 Å². The number of hydrogen-bond acceptors (Lipinski definition) is 6. The van der Waals surface area contributed by atoms with Crippen molar-refractivity contribution in [3.63, 3.8) is 0 Å². The lowest BCUT2D eigenvalue weighted by Gasteiger charge is -2.02. The molecule has 0 fully saturated rings. The van der Waals surface area contributed by atoms with Crippen LogP contribution in [0, 0.1) is 0 Å². The van der Waals surface area contributed by atoms with Crippen molar-refractivity contribution in [3.8, 4) is 22.9 Å². The summed E-state index contributed by atoms with van der Waals surface area (Å²) in [6.45, 7) is 0.413. The highest BCUT2D eigenvalue weighted by Crippen LogP contribution is 2.35. The number of nitrogens with one attached hydrogen (secondary N) is 1. The molecular weight excluding hydrogens is 334 g/mol. The van der Waals surface area contributed by atoms with Gasteiger partial charge in [0.05, 0.1) is 6.54 Å². The number of rotatable bonds is 6. The van der Waals surface area contributed by atoms with Crippen molar-refractivity contribution in [3.05, 3.63) is 60.0 Å². The molecule has 3 aromatic rings. The molecular formula is C19H17N3O4. The summed E-state index contributed by atoms with van der Waals surface area (Å²) in [5.41, 5.74) is 1.89. The van der Waals surface area contributed by atoms with Crippen molar-refractivity contribution >= 4 is 5.91 Å². The maximum absolute atomic E-state index is 12.0. The minimum atomic E-state index is -0.0586. The summed E-state index contributed by atoms with van der Waals surface area (Å²) in [6.07, 6.45) is 1.10. The highest BCUT2D eigenvalue weighted by molar-refractivity contribution is 5.76. The number of amides is 1. The van der Waals surface area contributed by atoms with Crippen LogP contribution < -0.4 is 14.8 Å². The number of aryl methyl sites for hydroxylation is 1. The van der Waals surface area contributed by atoms with E-state index in [1.165, 1.54) is 0 Å². The zero-order chi connectivity index (χ0) is 17.8. The first-order valence-electron chi connectivity index (χ1n) is 8.31. The van der Waals surface area contributed by atoms with E-state index in [0.717, 1.165) is 11.1 Å². The van der Waals surface area contributed by atoms with Crippen molar-refractivity contribution in [2.75, 3.05) is 6.79 Å². The van der Waals surface area contributed by atoms with Crippen LogP contribution in [0.2, 0.25) is 0 Å². The predicted octanol–water partition coefficient (Wildman–Crippen LogP) is 2.71. The second-order valence-corrected chi connectivity index (χ2v) is 5.84. The molecule has 26 heavy (non-hydrogen) atoms. The highest BCUT2D eigenvalue weighted by Gasteiger charge is 2.16. The van der Waals surface area contributed by atoms with Gasteiger partial charge in [-0.1, -0.05) is 35.5 Å². The summed E-state index contributed by atoms with van der Waals surface area (Å²) in [7, 11) is 0. The lowest BCUT2D eigenvalue weighted by Crippen LogP contribution is -2.23. The molecule has 1 N–H and O–H groups in total. The summed E-state index contributed by atoms with van der Waals surface area (Å²) in [5, 5.41) is 6.75. The van der Waals surface area contributed by atoms with Crippen molar-refractivity contribution in [2.24, 2.45) is 0 Å². The largest absolute Gasteiger partial charge is 0.454 e. The fraction of sp³-hybridized carbons (Fsp3) is 0.211. The third kappa shape index (κ3) is 3.66. The van der Waals surface area contributed by atoms with E-state index in [2.05, 4.69) is 15.5 Å². The Labute approximate surface area is 149 Å². The van der Waals surface area contributed by atoms with Crippen molar-refractivity contribution in [2.45, 2.75) is 19.4 Å². The molecule has 4 rings (SSSR count). The summed E-state index contributed by atoms with van der Waals surface area (Å²) in [6, 6.07) is 15.3. The van der Waals surface area contributed by atoms with Gasteiger partial charge in [0.1, 0.15) is 0 Å². The number of fused-ring (bicyclic) bond motifs is 1. The summed E-state index contributed by atoms with van der Waals surface area (Å²) in [4.78, 5) is 16.3. The van der Waals surface area contributed by atoms with Crippen molar-refractivity contribution < 1.29 is 18.8 Å². The lowest BCUT2D eigenvalue weighted by atomic mass is 10.1. The minimum Gasteiger partial charge on any atom is -0.454 e. The van der Waals surface area contributed by atoms with E-state index in [-0.39, 0.29) is 19.2 Å². The Kier molecular flexibility index (Phi) is 4.51. The molecule has 2 aromatic carbocycles. The van der Waals surface area contributed by atoms with Crippen LogP contribution in [-0.2, 0) is 17.8 Å². The monoisotopic (exact) mass is 351 g/mol. The molecule has 1 aliphatic heterocycles. The Morgan fingerprint density at radius 2 is 1.92 bits per heavy atom. The highest BCUT2D eigenvalue weighted by atomic mass is 16.7. The van der Waals surface area contributed by atoms with Crippen LogP contribution >= 0.6 is 0 Å². The van der Waals surface area contributed by atoms with Gasteiger partial charge in [0, 0.05) is 12.0 Å². The van der Waals surface area contributed by atoms with E-state index < -0.39 is 0 Å². The fourth-order valence-corrected chi connectivity index (χ4v) is 2.64. The van der Waals surface area contributed by atoms with Crippen LogP contribution in [-0.4, -0.2) is 22.8 Å². The van der Waals surface area contributed by atoms with Gasteiger partial charge in [-0.15, -0.1) is 0 Å². The van der Waals surface area contributed by atoms with E-state index in [0.29, 0.717) is 36.1 Å². The Morgan fingerprint density at radius 3 is 2.81 bits per heavy atom. The third-order valence-corrected chi connectivity index (χ3v) is 4.02. The van der Waals surface area contributed by atoms with Crippen LogP contribution in [0.1, 0.15) is 17.9 Å². The molecule has 0 radical (unpaired) electrons. The summed E-state index contributed by atoms with van der Waals surface area (Å²) < 4.78 is 15.8. The zero-order valence-electron chi connectivity index (χ0n) is 14.0. The first-order valence-corrected chi connectivity index (χ1v) is 8.31. The van der Waals surface area contributed by atoms with Gasteiger partial charge in [-0.2, -0.15) is 4.98 Å². The molecule has 0 atom stereocenters. The van der Waals surface area contributed by atoms with Gasteiger partial charge < -0.3 is 19.3 Å². The van der Waals surface area contributed by atoms with Gasteiger partial charge in [0.25, 0.3) is 0 Å². The molecule has 0 saturated heterocycles. The number of aromatic nitrogens is 2. The molecule has 1 aliphatic rings. The lowest BCUT2D eigenvalue weighted by molar-refractivity contribution is -0.121. The molecule has 7 heteroatoms. The van der Waals surface area contributed by atoms with Gasteiger partial charge in [-0.3, -0.25) is 4.79 Å². The maximum Gasteiger partial charge on any atom is 0.246 e. The molecule has 0 bridgehead atoms. The van der Waals surface area contributed by atoms with Crippen LogP contribution in [0.25, 0.3) is 11.4 Å². The number of hydrogen-bond donors (Lipinski definition) is 1. The number of ether oxygens (including phenoxy) is 2. The SMILES string of the molecule is O=C(CCc1ccccc1)NCc1nc(-c2ccc3c(c2)OCO3)no1. The Morgan fingerprint density at radius 1 is 1.08 bits per heavy atom. The van der Waals surface area contributed by atoms with Crippen molar-refractivity contribution in [1.82, 2.24) is 15.5 Å². The first kappa shape index (κ1) is 16.1. The molecule has 0 aliphatic carbocycles. The Bertz CT molecular complexity index is 908. The average molecular weight is 351 g/mol. The van der Waals surface area contributed by atoms with Crippen LogP contribution in [0.3, 0.4) is 0 Å². The molecule has 0 saturated carbocycles. The van der Waals surface area contributed by atoms with E-state index >= 15 is 0 Å². The van der Waals surface area contributed by atoms with Gasteiger partial charge in [0.15, 0.2) is 11.5 Å². The van der Waals surface area contributed by atoms with E-state index in [4.69, 9.17) is 14.0 Å². The van der Waals surface area contributed by atoms with E-state index in [1.807, 2.05) is 36.4 Å². The zero-order valence-corrected chi connectivity index (χ0v) is 14.0. The Hall–Kier alpha value is -3.35. The van der Waals surface area contributed by atoms with E-state index in [1.54, 1.807) is 12.1 Å². The normalized spacial score (nSPS) is 12.2. The Balaban J connectivity index is 1.31. The average Bonchev–Trinajstić information content (AvgIpc) is 3.34. The number of carbonyl (C=O) groups is 1. The molecule has 1 aromatic heterocycles. The molecule has 0 unspecified atom stereocenters. The summed E-state index contributed by atoms with van der Waals surface area (Å²) in [5.74, 6) is 2.09. The van der Waals surface area contributed by atoms with Gasteiger partial charge >= 0.3 is 0 Å². The maximum atomic E-state index is 12.0. The topological polar surface area (TPSA) is 86.5 Å². The van der Waals surface area contributed by atoms with Gasteiger partial charge in [-0.25, -0.2) is 0 Å². The van der Waals surface area contributed by atoms with Crippen LogP contribution in [0.4, 0.5) is 0 Å². The minimum absolute atomic E-state index is 0.0586. The molecule has 2 heterocycles. The molecule has 1 amide bonds. The second-order valence-electron chi connectivity index (χ2n) is 5.84. The van der Waals surface area contributed by atoms with Crippen LogP contribution in [0.5, 0.6) is 11.5 Å². The van der Waals surface area contributed by atoms with E-state index in [9.17, 15) is 4.79 Å². The molecule has 132 valence electrons. The molecule has 0 spiro atoms. The smallest absolute Gasteiger partial charge is 0.246 e. The fourth-order valence-electron chi connectivity index (χ4n) is 2.64.